The van der Waals surface area contributed by atoms with Gasteiger partial charge in [0.15, 0.2) is 0 Å². The summed E-state index contributed by atoms with van der Waals surface area (Å²) >= 11 is -0.252. The van der Waals surface area contributed by atoms with Gasteiger partial charge >= 0.3 is 57.5 Å². The first kappa shape index (κ1) is 8.56. The Morgan fingerprint density at radius 1 is 1.00 bits per heavy atom. The monoisotopic (exact) mass is 176 g/mol. The maximum absolute atomic E-state index is 2.35. The normalized spacial score (nSPS) is 10.5. The van der Waals surface area contributed by atoms with Crippen molar-refractivity contribution in [3.05, 3.63) is 0 Å². The van der Waals surface area contributed by atoms with Gasteiger partial charge in [-0.25, -0.2) is 0 Å². The molecule has 8 heavy (non-hydrogen) atoms. The molecule has 0 atom stereocenters. The van der Waals surface area contributed by atoms with Crippen LogP contribution in [0, 0.1) is 0 Å². The van der Waals surface area contributed by atoms with Crippen LogP contribution in [-0.2, 0) is 0 Å². The molecule has 0 rings (SSSR count). The van der Waals surface area contributed by atoms with Gasteiger partial charge in [-0.1, -0.05) is 0 Å². The molecule has 0 aromatic heterocycles. The Labute approximate surface area is 57.9 Å². The molecule has 0 heterocycles. The van der Waals surface area contributed by atoms with Gasteiger partial charge in [-0.2, -0.15) is 0 Å². The van der Waals surface area contributed by atoms with Gasteiger partial charge in [0.05, 0.1) is 0 Å². The zero-order valence-electron chi connectivity index (χ0n) is 6.28. The van der Waals surface area contributed by atoms with Gasteiger partial charge in [-0.3, -0.25) is 0 Å². The van der Waals surface area contributed by atoms with Crippen molar-refractivity contribution in [3.63, 3.8) is 0 Å². The van der Waals surface area contributed by atoms with Gasteiger partial charge in [-0.15, -0.1) is 0 Å². The summed E-state index contributed by atoms with van der Waals surface area (Å²) in [5, 5.41) is 4.59. The molecular weight excluding hydrogens is 159 g/mol. The average Bonchev–Trinajstić information content (AvgIpc) is 1.83. The fourth-order valence-corrected chi connectivity index (χ4v) is 4.45. The minimum atomic E-state index is -0.252. The molecule has 0 bridgehead atoms. The third-order valence-corrected chi connectivity index (χ3v) is 7.45. The second kappa shape index (κ2) is 5.69. The molecule has 0 amide bonds. The summed E-state index contributed by atoms with van der Waals surface area (Å²) in [7, 11) is 0. The summed E-state index contributed by atoms with van der Waals surface area (Å²) in [6.07, 6.45) is 1.42. The van der Waals surface area contributed by atoms with Crippen LogP contribution in [-0.4, -0.2) is 14.7 Å². The van der Waals surface area contributed by atoms with Crippen molar-refractivity contribution in [2.45, 2.75) is 42.8 Å². The molecule has 0 aliphatic rings. The third kappa shape index (κ3) is 3.55. The van der Waals surface area contributed by atoms with Crippen LogP contribution in [0.2, 0.25) is 15.6 Å². The topological polar surface area (TPSA) is 0 Å². The number of hydrogen-bond acceptors (Lipinski definition) is 0. The molecule has 0 aromatic rings. The standard InChI is InChI=1S/C7H17As/c1-4-7-8(5-2)6-3/h4-7H2,1-3H3. The molecular formula is C7H17As. The summed E-state index contributed by atoms with van der Waals surface area (Å²) < 4.78 is 0. The minimum absolute atomic E-state index is 0.252. The summed E-state index contributed by atoms with van der Waals surface area (Å²) in [6, 6.07) is 0. The van der Waals surface area contributed by atoms with Crippen molar-refractivity contribution in [2.24, 2.45) is 0 Å². The molecule has 1 heteroatoms. The van der Waals surface area contributed by atoms with Crippen molar-refractivity contribution in [3.8, 4) is 0 Å². The van der Waals surface area contributed by atoms with Crippen LogP contribution in [0.1, 0.15) is 27.2 Å². The molecule has 0 unspecified atom stereocenters. The van der Waals surface area contributed by atoms with Crippen LogP contribution < -0.4 is 0 Å². The van der Waals surface area contributed by atoms with E-state index in [0.29, 0.717) is 0 Å². The predicted molar refractivity (Wildman–Crippen MR) is 41.8 cm³/mol. The van der Waals surface area contributed by atoms with E-state index in [2.05, 4.69) is 20.8 Å². The summed E-state index contributed by atoms with van der Waals surface area (Å²) in [5.74, 6) is 0. The van der Waals surface area contributed by atoms with Crippen molar-refractivity contribution in [1.29, 1.82) is 0 Å². The molecule has 50 valence electrons. The van der Waals surface area contributed by atoms with E-state index in [1.807, 2.05) is 0 Å². The summed E-state index contributed by atoms with van der Waals surface area (Å²) in [4.78, 5) is 0. The zero-order valence-corrected chi connectivity index (χ0v) is 8.15. The fourth-order valence-electron chi connectivity index (χ4n) is 0.856. The molecule has 0 N–H and O–H groups in total. The van der Waals surface area contributed by atoms with E-state index in [1.165, 1.54) is 16.8 Å². The molecule has 0 nitrogen and oxygen atoms in total. The van der Waals surface area contributed by atoms with E-state index in [-0.39, 0.29) is 14.7 Å². The van der Waals surface area contributed by atoms with E-state index in [4.69, 9.17) is 0 Å². The van der Waals surface area contributed by atoms with E-state index in [0.717, 1.165) is 0 Å². The number of rotatable bonds is 4. The quantitative estimate of drug-likeness (QED) is 0.577. The van der Waals surface area contributed by atoms with E-state index in [9.17, 15) is 0 Å². The maximum atomic E-state index is 2.35. The Bertz CT molecular complexity index is 39.7. The molecule has 0 saturated carbocycles. The molecule has 0 aliphatic heterocycles. The van der Waals surface area contributed by atoms with Gasteiger partial charge in [0.25, 0.3) is 0 Å². The first-order valence-electron chi connectivity index (χ1n) is 3.57. The first-order valence-corrected chi connectivity index (χ1v) is 7.55. The van der Waals surface area contributed by atoms with Crippen LogP contribution >= 0.6 is 0 Å². The second-order valence-electron chi connectivity index (χ2n) is 2.03. The van der Waals surface area contributed by atoms with Crippen LogP contribution in [0.4, 0.5) is 0 Å². The van der Waals surface area contributed by atoms with Crippen molar-refractivity contribution in [2.75, 3.05) is 0 Å². The van der Waals surface area contributed by atoms with Crippen LogP contribution in [0.3, 0.4) is 0 Å². The van der Waals surface area contributed by atoms with Crippen LogP contribution in [0.5, 0.6) is 0 Å². The Hall–Kier alpha value is 0.558. The van der Waals surface area contributed by atoms with Crippen LogP contribution in [0.15, 0.2) is 0 Å². The van der Waals surface area contributed by atoms with Gasteiger partial charge in [-0.05, 0) is 0 Å². The van der Waals surface area contributed by atoms with Crippen LogP contribution in [0.25, 0.3) is 0 Å². The molecule has 0 spiro atoms. The van der Waals surface area contributed by atoms with Gasteiger partial charge in [0.2, 0.25) is 0 Å². The zero-order chi connectivity index (χ0) is 6.41. The van der Waals surface area contributed by atoms with Gasteiger partial charge < -0.3 is 0 Å². The fraction of sp³-hybridized carbons (Fsp3) is 1.00. The van der Waals surface area contributed by atoms with E-state index < -0.39 is 0 Å². The van der Waals surface area contributed by atoms with Crippen molar-refractivity contribution < 1.29 is 0 Å². The molecule has 0 aromatic carbocycles. The molecule has 0 fully saturated rings. The van der Waals surface area contributed by atoms with Crippen molar-refractivity contribution >= 4 is 14.7 Å². The third-order valence-electron chi connectivity index (χ3n) is 1.43. The molecule has 0 aliphatic carbocycles. The Morgan fingerprint density at radius 2 is 1.50 bits per heavy atom. The predicted octanol–water partition coefficient (Wildman–Crippen LogP) is 2.93. The van der Waals surface area contributed by atoms with E-state index >= 15 is 0 Å². The van der Waals surface area contributed by atoms with Crippen molar-refractivity contribution in [1.82, 2.24) is 0 Å². The average molecular weight is 176 g/mol. The molecule has 0 saturated heterocycles. The molecule has 0 radical (unpaired) electrons. The summed E-state index contributed by atoms with van der Waals surface area (Å²) in [5.41, 5.74) is 0. The van der Waals surface area contributed by atoms with E-state index in [1.54, 1.807) is 5.21 Å². The van der Waals surface area contributed by atoms with Gasteiger partial charge in [0.1, 0.15) is 0 Å². The second-order valence-corrected chi connectivity index (χ2v) is 8.43. The first-order chi connectivity index (χ1) is 3.85. The SMILES string of the molecule is CCC[As](CC)CC. The number of hydrogen-bond donors (Lipinski definition) is 0. The Balaban J connectivity index is 3.07. The Kier molecular flexibility index (Phi) is 6.09. The summed E-state index contributed by atoms with van der Waals surface area (Å²) in [6.45, 7) is 6.99. The Morgan fingerprint density at radius 3 is 1.62 bits per heavy atom. The van der Waals surface area contributed by atoms with Gasteiger partial charge in [0, 0.05) is 0 Å².